The molecule has 1 aliphatic heterocycles. The highest BCUT2D eigenvalue weighted by Gasteiger charge is 2.39. The van der Waals surface area contributed by atoms with Crippen LogP contribution in [0.2, 0.25) is 0 Å². The third-order valence-corrected chi connectivity index (χ3v) is 5.85. The van der Waals surface area contributed by atoms with E-state index in [4.69, 9.17) is 0 Å². The Morgan fingerprint density at radius 1 is 0.931 bits per heavy atom. The minimum absolute atomic E-state index is 0.103. The van der Waals surface area contributed by atoms with Crippen molar-refractivity contribution < 1.29 is 0 Å². The summed E-state index contributed by atoms with van der Waals surface area (Å²) in [6.45, 7) is 11.1. The molecular formula is C24H31N5. The fourth-order valence-corrected chi connectivity index (χ4v) is 4.78. The molecule has 2 aromatic heterocycles. The molecule has 1 aromatic carbocycles. The Labute approximate surface area is 173 Å². The molecule has 5 nitrogen and oxygen atoms in total. The van der Waals surface area contributed by atoms with Gasteiger partial charge in [0, 0.05) is 40.8 Å². The van der Waals surface area contributed by atoms with E-state index in [1.54, 1.807) is 0 Å². The highest BCUT2D eigenvalue weighted by Crippen LogP contribution is 2.33. The summed E-state index contributed by atoms with van der Waals surface area (Å²) in [7, 11) is 2.13. The zero-order valence-electron chi connectivity index (χ0n) is 18.3. The van der Waals surface area contributed by atoms with Gasteiger partial charge in [0.05, 0.1) is 11.2 Å². The summed E-state index contributed by atoms with van der Waals surface area (Å²) >= 11 is 0. The van der Waals surface area contributed by atoms with Gasteiger partial charge in [-0.15, -0.1) is 10.2 Å². The van der Waals surface area contributed by atoms with Crippen LogP contribution in [0.5, 0.6) is 0 Å². The molecule has 5 heteroatoms. The number of nitrogens with zero attached hydrogens (tertiary/aromatic N) is 4. The Balaban J connectivity index is 1.57. The van der Waals surface area contributed by atoms with E-state index in [1.807, 2.05) is 13.0 Å². The number of piperidine rings is 1. The summed E-state index contributed by atoms with van der Waals surface area (Å²) in [5.74, 6) is 0.922. The number of anilines is 1. The molecule has 1 aliphatic rings. The molecule has 0 bridgehead atoms. The Bertz CT molecular complexity index is 1010. The maximum Gasteiger partial charge on any atom is 0.151 e. The third-order valence-electron chi connectivity index (χ3n) is 5.85. The molecule has 4 rings (SSSR count). The number of aryl methyl sites for hydroxylation is 1. The quantitative estimate of drug-likeness (QED) is 0.701. The van der Waals surface area contributed by atoms with Gasteiger partial charge in [0.25, 0.3) is 0 Å². The van der Waals surface area contributed by atoms with Gasteiger partial charge >= 0.3 is 0 Å². The highest BCUT2D eigenvalue weighted by atomic mass is 15.3. The smallest absolute Gasteiger partial charge is 0.151 e. The molecule has 0 unspecified atom stereocenters. The summed E-state index contributed by atoms with van der Waals surface area (Å²) in [5, 5.41) is 14.0. The average Bonchev–Trinajstić information content (AvgIpc) is 2.64. The lowest BCUT2D eigenvalue weighted by Crippen LogP contribution is -2.62. The minimum atomic E-state index is 0.103. The summed E-state index contributed by atoms with van der Waals surface area (Å²) in [5.41, 5.74) is 4.19. The lowest BCUT2D eigenvalue weighted by atomic mass is 9.79. The zero-order chi connectivity index (χ0) is 20.8. The van der Waals surface area contributed by atoms with E-state index >= 15 is 0 Å². The van der Waals surface area contributed by atoms with Gasteiger partial charge in [-0.25, -0.2) is 0 Å². The molecule has 3 aromatic rings. The van der Waals surface area contributed by atoms with E-state index in [0.717, 1.165) is 46.5 Å². The number of rotatable bonds is 3. The second-order valence-electron chi connectivity index (χ2n) is 9.70. The summed E-state index contributed by atoms with van der Waals surface area (Å²) in [6.07, 6.45) is 2.15. The molecule has 152 valence electrons. The van der Waals surface area contributed by atoms with Gasteiger partial charge in [-0.2, -0.15) is 0 Å². The molecule has 3 heterocycles. The number of aromatic nitrogens is 3. The molecule has 1 fully saturated rings. The van der Waals surface area contributed by atoms with E-state index in [9.17, 15) is 0 Å². The van der Waals surface area contributed by atoms with Crippen LogP contribution >= 0.6 is 0 Å². The van der Waals surface area contributed by atoms with Crippen LogP contribution in [0.4, 0.5) is 5.82 Å². The van der Waals surface area contributed by atoms with E-state index in [1.165, 1.54) is 0 Å². The maximum absolute atomic E-state index is 4.58. The summed E-state index contributed by atoms with van der Waals surface area (Å²) < 4.78 is 0. The van der Waals surface area contributed by atoms with E-state index in [2.05, 4.69) is 96.5 Å². The van der Waals surface area contributed by atoms with Crippen LogP contribution < -0.4 is 10.2 Å². The fourth-order valence-electron chi connectivity index (χ4n) is 4.78. The molecule has 0 saturated carbocycles. The van der Waals surface area contributed by atoms with Crippen molar-refractivity contribution in [1.82, 2.24) is 20.5 Å². The first-order valence-electron chi connectivity index (χ1n) is 10.4. The Hall–Kier alpha value is -2.53. The normalized spacial score (nSPS) is 18.7. The van der Waals surface area contributed by atoms with Gasteiger partial charge in [0.15, 0.2) is 5.82 Å². The molecule has 0 atom stereocenters. The van der Waals surface area contributed by atoms with Crippen molar-refractivity contribution in [2.75, 3.05) is 11.9 Å². The second kappa shape index (κ2) is 7.06. The summed E-state index contributed by atoms with van der Waals surface area (Å²) in [4.78, 5) is 6.86. The zero-order valence-corrected chi connectivity index (χ0v) is 18.3. The van der Waals surface area contributed by atoms with Crippen LogP contribution in [0.25, 0.3) is 22.2 Å². The van der Waals surface area contributed by atoms with Gasteiger partial charge in [0.1, 0.15) is 0 Å². The van der Waals surface area contributed by atoms with Crippen molar-refractivity contribution in [3.63, 3.8) is 0 Å². The van der Waals surface area contributed by atoms with E-state index in [-0.39, 0.29) is 11.1 Å². The fraction of sp³-hybridized carbons (Fsp3) is 0.458. The van der Waals surface area contributed by atoms with E-state index < -0.39 is 0 Å². The predicted molar refractivity (Wildman–Crippen MR) is 120 cm³/mol. The van der Waals surface area contributed by atoms with Crippen molar-refractivity contribution in [1.29, 1.82) is 0 Å². The molecule has 1 saturated heterocycles. The second-order valence-corrected chi connectivity index (χ2v) is 9.70. The number of hydrogen-bond acceptors (Lipinski definition) is 5. The van der Waals surface area contributed by atoms with Crippen molar-refractivity contribution >= 4 is 16.7 Å². The van der Waals surface area contributed by atoms with Gasteiger partial charge in [-0.3, -0.25) is 4.98 Å². The molecule has 29 heavy (non-hydrogen) atoms. The van der Waals surface area contributed by atoms with Crippen molar-refractivity contribution in [3.05, 3.63) is 48.2 Å². The minimum Gasteiger partial charge on any atom is -0.355 e. The Morgan fingerprint density at radius 3 is 2.31 bits per heavy atom. The molecular weight excluding hydrogens is 358 g/mol. The molecule has 0 spiro atoms. The maximum atomic E-state index is 4.58. The first kappa shape index (κ1) is 19.8. The van der Waals surface area contributed by atoms with Crippen LogP contribution in [-0.2, 0) is 0 Å². The van der Waals surface area contributed by atoms with E-state index in [0.29, 0.717) is 6.04 Å². The number of hydrogen-bond donors (Lipinski definition) is 1. The largest absolute Gasteiger partial charge is 0.355 e. The molecule has 0 aliphatic carbocycles. The van der Waals surface area contributed by atoms with Crippen LogP contribution in [-0.4, -0.2) is 39.3 Å². The SMILES string of the molecule is Cc1ccc2cc(-c3ccc(N(C)C4CC(C)(C)NC(C)(C)C4)nn3)ccc2n1. The molecule has 0 amide bonds. The monoisotopic (exact) mass is 389 g/mol. The van der Waals surface area contributed by atoms with Gasteiger partial charge < -0.3 is 10.2 Å². The average molecular weight is 390 g/mol. The van der Waals surface area contributed by atoms with Crippen LogP contribution in [0, 0.1) is 6.92 Å². The van der Waals surface area contributed by atoms with Gasteiger partial charge in [-0.1, -0.05) is 12.1 Å². The molecule has 1 N–H and O–H groups in total. The lowest BCUT2D eigenvalue weighted by Gasteiger charge is -2.49. The number of nitrogens with one attached hydrogen (secondary N) is 1. The standard InChI is InChI=1S/C24H31N5/c1-16-7-8-17-13-18(9-10-20(17)25-16)21-11-12-22(27-26-21)29(6)19-14-23(2,3)28-24(4,5)15-19/h7-13,19,28H,14-15H2,1-6H3. The number of benzene rings is 1. The predicted octanol–water partition coefficient (Wildman–Crippen LogP) is 4.75. The Kier molecular flexibility index (Phi) is 4.82. The summed E-state index contributed by atoms with van der Waals surface area (Å²) in [6, 6.07) is 15.0. The third kappa shape index (κ3) is 4.25. The first-order chi connectivity index (χ1) is 13.6. The highest BCUT2D eigenvalue weighted by molar-refractivity contribution is 5.83. The Morgan fingerprint density at radius 2 is 1.66 bits per heavy atom. The van der Waals surface area contributed by atoms with Crippen molar-refractivity contribution in [2.45, 2.75) is 64.6 Å². The van der Waals surface area contributed by atoms with Crippen LogP contribution in [0.1, 0.15) is 46.2 Å². The number of fused-ring (bicyclic) bond motifs is 1. The van der Waals surface area contributed by atoms with Crippen LogP contribution in [0.15, 0.2) is 42.5 Å². The van der Waals surface area contributed by atoms with Gasteiger partial charge in [-0.05, 0) is 77.8 Å². The van der Waals surface area contributed by atoms with Crippen LogP contribution in [0.3, 0.4) is 0 Å². The van der Waals surface area contributed by atoms with Crippen molar-refractivity contribution in [2.24, 2.45) is 0 Å². The lowest BCUT2D eigenvalue weighted by molar-refractivity contribution is 0.160. The van der Waals surface area contributed by atoms with Gasteiger partial charge in [0.2, 0.25) is 0 Å². The first-order valence-corrected chi connectivity index (χ1v) is 10.4. The topological polar surface area (TPSA) is 53.9 Å². The number of pyridine rings is 1. The van der Waals surface area contributed by atoms with Crippen molar-refractivity contribution in [3.8, 4) is 11.3 Å². The molecule has 0 radical (unpaired) electrons.